The number of thiazole rings is 1. The van der Waals surface area contributed by atoms with Gasteiger partial charge in [-0.05, 0) is 0 Å². The highest BCUT2D eigenvalue weighted by Crippen LogP contribution is 2.13. The molecule has 0 spiro atoms. The van der Waals surface area contributed by atoms with Gasteiger partial charge in [0.2, 0.25) is 12.7 Å². The van der Waals surface area contributed by atoms with Crippen molar-refractivity contribution in [2.24, 2.45) is 0 Å². The lowest BCUT2D eigenvalue weighted by atomic mass is 10.4. The van der Waals surface area contributed by atoms with E-state index >= 15 is 0 Å². The van der Waals surface area contributed by atoms with Crippen LogP contribution in [0.3, 0.4) is 0 Å². The zero-order chi connectivity index (χ0) is 8.10. The molecule has 0 aliphatic carbocycles. The molecule has 4 nitrogen and oxygen atoms in total. The van der Waals surface area contributed by atoms with Crippen molar-refractivity contribution in [1.82, 2.24) is 4.98 Å². The normalized spacial score (nSPS) is 9.09. The first-order chi connectivity index (χ1) is 5.36. The van der Waals surface area contributed by atoms with Gasteiger partial charge in [0.1, 0.15) is 0 Å². The summed E-state index contributed by atoms with van der Waals surface area (Å²) in [4.78, 5) is 23.7. The smallest absolute Gasteiger partial charge is 0.213 e. The second kappa shape index (κ2) is 3.82. The first kappa shape index (κ1) is 7.87. The summed E-state index contributed by atoms with van der Waals surface area (Å²) in [5, 5.41) is 4.59. The Balaban J connectivity index is 2.64. The molecule has 57 valence electrons. The zero-order valence-corrected chi connectivity index (χ0v) is 6.35. The fraction of sp³-hybridized carbons (Fsp3) is 0.167. The van der Waals surface area contributed by atoms with Crippen LogP contribution in [0.4, 0.5) is 5.13 Å². The number of hydrogen-bond donors (Lipinski definition) is 1. The van der Waals surface area contributed by atoms with Crippen molar-refractivity contribution in [3.8, 4) is 0 Å². The van der Waals surface area contributed by atoms with Crippen LogP contribution < -0.4 is 5.32 Å². The Bertz CT molecular complexity index is 234. The molecule has 0 atom stereocenters. The molecule has 0 unspecified atom stereocenters. The SMILES string of the molecule is O=[C]Cc1csc(NC=O)n1. The molecule has 0 saturated heterocycles. The van der Waals surface area contributed by atoms with Crippen molar-refractivity contribution in [3.63, 3.8) is 0 Å². The lowest BCUT2D eigenvalue weighted by Gasteiger charge is -1.85. The number of nitrogens with zero attached hydrogens (tertiary/aromatic N) is 1. The fourth-order valence-corrected chi connectivity index (χ4v) is 1.25. The second-order valence-corrected chi connectivity index (χ2v) is 2.59. The van der Waals surface area contributed by atoms with Gasteiger partial charge >= 0.3 is 0 Å². The molecule has 0 bridgehead atoms. The monoisotopic (exact) mass is 169 g/mol. The summed E-state index contributed by atoms with van der Waals surface area (Å²) in [5.74, 6) is 0. The van der Waals surface area contributed by atoms with E-state index in [4.69, 9.17) is 0 Å². The van der Waals surface area contributed by atoms with E-state index in [1.807, 2.05) is 0 Å². The fourth-order valence-electron chi connectivity index (χ4n) is 0.579. The van der Waals surface area contributed by atoms with Crippen LogP contribution in [0.5, 0.6) is 0 Å². The molecule has 1 N–H and O–H groups in total. The molecular formula is C6H5N2O2S. The van der Waals surface area contributed by atoms with Crippen LogP contribution in [0.15, 0.2) is 5.38 Å². The van der Waals surface area contributed by atoms with Gasteiger partial charge < -0.3 is 5.32 Å². The van der Waals surface area contributed by atoms with Crippen molar-refractivity contribution in [3.05, 3.63) is 11.1 Å². The Morgan fingerprint density at radius 1 is 1.82 bits per heavy atom. The lowest BCUT2D eigenvalue weighted by molar-refractivity contribution is -0.105. The minimum absolute atomic E-state index is 0.178. The van der Waals surface area contributed by atoms with Crippen LogP contribution >= 0.6 is 11.3 Å². The van der Waals surface area contributed by atoms with E-state index in [1.54, 1.807) is 11.7 Å². The second-order valence-electron chi connectivity index (χ2n) is 1.73. The van der Waals surface area contributed by atoms with E-state index in [0.717, 1.165) is 0 Å². The van der Waals surface area contributed by atoms with Gasteiger partial charge in [-0.15, -0.1) is 11.3 Å². The Morgan fingerprint density at radius 2 is 2.64 bits per heavy atom. The van der Waals surface area contributed by atoms with Crippen LogP contribution in [0, 0.1) is 0 Å². The topological polar surface area (TPSA) is 59.1 Å². The predicted molar refractivity (Wildman–Crippen MR) is 41.2 cm³/mol. The van der Waals surface area contributed by atoms with Gasteiger partial charge in [0, 0.05) is 5.38 Å². The maximum absolute atomic E-state index is 9.92. The number of hydrogen-bond acceptors (Lipinski definition) is 4. The molecule has 1 aromatic rings. The maximum atomic E-state index is 9.92. The minimum Gasteiger partial charge on any atom is -0.305 e. The number of nitrogens with one attached hydrogen (secondary N) is 1. The molecule has 0 fully saturated rings. The molecule has 1 amide bonds. The summed E-state index contributed by atoms with van der Waals surface area (Å²) >= 11 is 1.28. The third-order valence-corrected chi connectivity index (χ3v) is 1.81. The number of anilines is 1. The van der Waals surface area contributed by atoms with Gasteiger partial charge in [0.25, 0.3) is 0 Å². The first-order valence-electron chi connectivity index (χ1n) is 2.86. The summed E-state index contributed by atoms with van der Waals surface area (Å²) in [6.45, 7) is 0. The first-order valence-corrected chi connectivity index (χ1v) is 3.74. The maximum Gasteiger partial charge on any atom is 0.213 e. The average Bonchev–Trinajstić information content (AvgIpc) is 2.38. The summed E-state index contributed by atoms with van der Waals surface area (Å²) in [5.41, 5.74) is 0.634. The van der Waals surface area contributed by atoms with Crippen molar-refractivity contribution in [1.29, 1.82) is 0 Å². The Labute approximate surface area is 67.3 Å². The standard InChI is InChI=1S/C6H5N2O2S/c9-2-1-5-3-11-6(8-5)7-4-10/h3-4H,1H2,(H,7,8,10). The Hall–Kier alpha value is -1.23. The number of carbonyl (C=O) groups is 1. The van der Waals surface area contributed by atoms with Gasteiger partial charge in [-0.3, -0.25) is 9.59 Å². The van der Waals surface area contributed by atoms with Crippen molar-refractivity contribution in [2.45, 2.75) is 6.42 Å². The Morgan fingerprint density at radius 3 is 3.27 bits per heavy atom. The third kappa shape index (κ3) is 2.12. The van der Waals surface area contributed by atoms with E-state index < -0.39 is 0 Å². The molecule has 0 aliphatic rings. The highest BCUT2D eigenvalue weighted by molar-refractivity contribution is 7.13. The van der Waals surface area contributed by atoms with Crippen LogP contribution in [0.2, 0.25) is 0 Å². The highest BCUT2D eigenvalue weighted by Gasteiger charge is 1.99. The number of aromatic nitrogens is 1. The van der Waals surface area contributed by atoms with Gasteiger partial charge in [-0.1, -0.05) is 0 Å². The zero-order valence-electron chi connectivity index (χ0n) is 5.53. The molecule has 0 saturated carbocycles. The average molecular weight is 169 g/mol. The van der Waals surface area contributed by atoms with Gasteiger partial charge in [0.15, 0.2) is 5.13 Å². The lowest BCUT2D eigenvalue weighted by Crippen LogP contribution is -1.93. The van der Waals surface area contributed by atoms with E-state index in [1.165, 1.54) is 11.3 Å². The van der Waals surface area contributed by atoms with Gasteiger partial charge in [0.05, 0.1) is 12.1 Å². The summed E-state index contributed by atoms with van der Waals surface area (Å²) in [6.07, 6.45) is 2.44. The summed E-state index contributed by atoms with van der Waals surface area (Å²) < 4.78 is 0. The van der Waals surface area contributed by atoms with Crippen LogP contribution in [0.25, 0.3) is 0 Å². The molecular weight excluding hydrogens is 164 g/mol. The molecule has 5 heteroatoms. The third-order valence-electron chi connectivity index (χ3n) is 0.987. The number of rotatable bonds is 4. The van der Waals surface area contributed by atoms with Gasteiger partial charge in [-0.2, -0.15) is 0 Å². The summed E-state index contributed by atoms with van der Waals surface area (Å²) in [7, 11) is 0. The van der Waals surface area contributed by atoms with E-state index in [9.17, 15) is 9.59 Å². The van der Waals surface area contributed by atoms with Crippen molar-refractivity contribution < 1.29 is 9.59 Å². The highest BCUT2D eigenvalue weighted by atomic mass is 32.1. The molecule has 0 aliphatic heterocycles. The number of amides is 1. The van der Waals surface area contributed by atoms with Crippen molar-refractivity contribution in [2.75, 3.05) is 5.32 Å². The number of carbonyl (C=O) groups excluding carboxylic acids is 2. The quantitative estimate of drug-likeness (QED) is 0.662. The Kier molecular flexibility index (Phi) is 2.74. The molecule has 0 aromatic carbocycles. The minimum atomic E-state index is 0.178. The molecule has 1 aromatic heterocycles. The summed E-state index contributed by atoms with van der Waals surface area (Å²) in [6, 6.07) is 0. The van der Waals surface area contributed by atoms with Gasteiger partial charge in [-0.25, -0.2) is 4.98 Å². The van der Waals surface area contributed by atoms with Crippen molar-refractivity contribution >= 4 is 29.2 Å². The molecule has 1 heterocycles. The van der Waals surface area contributed by atoms with E-state index in [-0.39, 0.29) is 6.42 Å². The largest absolute Gasteiger partial charge is 0.305 e. The predicted octanol–water partition coefficient (Wildman–Crippen LogP) is 0.364. The molecule has 11 heavy (non-hydrogen) atoms. The van der Waals surface area contributed by atoms with Crippen LogP contribution in [0.1, 0.15) is 5.69 Å². The van der Waals surface area contributed by atoms with E-state index in [0.29, 0.717) is 17.2 Å². The van der Waals surface area contributed by atoms with E-state index in [2.05, 4.69) is 10.3 Å². The van der Waals surface area contributed by atoms with Crippen LogP contribution in [-0.4, -0.2) is 17.7 Å². The molecule has 1 rings (SSSR count). The van der Waals surface area contributed by atoms with Crippen LogP contribution in [-0.2, 0) is 16.0 Å². The molecule has 1 radical (unpaired) electrons.